The van der Waals surface area contributed by atoms with Crippen LogP contribution in [0.4, 0.5) is 4.79 Å². The number of hydrogen-bond donors (Lipinski definition) is 0. The van der Waals surface area contributed by atoms with Gasteiger partial charge in [-0.15, -0.1) is 0 Å². The smallest absolute Gasteiger partial charge is 0.418 e. The Labute approximate surface area is 141 Å². The third kappa shape index (κ3) is 3.23. The Bertz CT molecular complexity index is 902. The van der Waals surface area contributed by atoms with Crippen LogP contribution in [-0.2, 0) is 4.74 Å². The summed E-state index contributed by atoms with van der Waals surface area (Å²) in [5, 5.41) is 0.954. The zero-order valence-corrected chi connectivity index (χ0v) is 14.1. The van der Waals surface area contributed by atoms with Crippen molar-refractivity contribution in [2.45, 2.75) is 26.4 Å². The van der Waals surface area contributed by atoms with E-state index in [1.807, 2.05) is 63.2 Å². The number of fused-ring (bicyclic) bond motifs is 1. The molecule has 2 aromatic heterocycles. The van der Waals surface area contributed by atoms with Crippen LogP contribution in [0.3, 0.4) is 0 Å². The van der Waals surface area contributed by atoms with Crippen molar-refractivity contribution in [1.29, 1.82) is 0 Å². The summed E-state index contributed by atoms with van der Waals surface area (Å²) in [6, 6.07) is 13.5. The molecule has 0 N–H and O–H groups in total. The van der Waals surface area contributed by atoms with Crippen molar-refractivity contribution >= 4 is 22.6 Å². The fourth-order valence-corrected chi connectivity index (χ4v) is 2.49. The molecule has 1 aromatic carbocycles. The van der Waals surface area contributed by atoms with Crippen LogP contribution in [0.5, 0.6) is 0 Å². The average molecular weight is 320 g/mol. The van der Waals surface area contributed by atoms with Crippen LogP contribution in [0.1, 0.15) is 32.0 Å². The molecule has 0 aliphatic rings. The first kappa shape index (κ1) is 16.0. The van der Waals surface area contributed by atoms with Crippen LogP contribution in [0, 0.1) is 0 Å². The Morgan fingerprint density at radius 1 is 1.17 bits per heavy atom. The van der Waals surface area contributed by atoms with Gasteiger partial charge in [0.25, 0.3) is 0 Å². The molecule has 0 aliphatic carbocycles. The summed E-state index contributed by atoms with van der Waals surface area (Å²) in [6.45, 7) is 9.69. The Kier molecular flexibility index (Phi) is 3.97. The van der Waals surface area contributed by atoms with E-state index in [0.29, 0.717) is 0 Å². The molecular formula is C20H20N2O2. The van der Waals surface area contributed by atoms with Crippen LogP contribution in [-0.4, -0.2) is 21.2 Å². The fourth-order valence-electron chi connectivity index (χ4n) is 2.49. The molecule has 0 saturated heterocycles. The van der Waals surface area contributed by atoms with Gasteiger partial charge in [-0.05, 0) is 56.7 Å². The lowest BCUT2D eigenvalue weighted by Gasteiger charge is -2.19. The molecule has 4 heteroatoms. The van der Waals surface area contributed by atoms with Crippen molar-refractivity contribution in [2.75, 3.05) is 0 Å². The van der Waals surface area contributed by atoms with Crippen molar-refractivity contribution in [3.05, 3.63) is 72.7 Å². The third-order valence-corrected chi connectivity index (χ3v) is 3.60. The van der Waals surface area contributed by atoms with E-state index in [-0.39, 0.29) is 6.09 Å². The van der Waals surface area contributed by atoms with Crippen LogP contribution in [0.25, 0.3) is 16.5 Å². The lowest BCUT2D eigenvalue weighted by Crippen LogP contribution is -2.26. The van der Waals surface area contributed by atoms with E-state index in [1.54, 1.807) is 12.4 Å². The second-order valence-electron chi connectivity index (χ2n) is 6.63. The summed E-state index contributed by atoms with van der Waals surface area (Å²) < 4.78 is 6.96. The summed E-state index contributed by atoms with van der Waals surface area (Å²) in [7, 11) is 0. The second kappa shape index (κ2) is 5.96. The molecule has 122 valence electrons. The number of nitrogens with zero attached hydrogens (tertiary/aromatic N) is 2. The fraction of sp³-hybridized carbons (Fsp3) is 0.200. The highest BCUT2D eigenvalue weighted by Crippen LogP contribution is 2.25. The van der Waals surface area contributed by atoms with Crippen molar-refractivity contribution in [2.24, 2.45) is 0 Å². The molecule has 24 heavy (non-hydrogen) atoms. The van der Waals surface area contributed by atoms with Crippen molar-refractivity contribution in [3.8, 4) is 0 Å². The first-order valence-corrected chi connectivity index (χ1v) is 7.80. The standard InChI is InChI=1S/C20H20N2O2/c1-14(17-7-5-6-11-21-17)15-8-9-18-16(13-15)10-12-22(18)19(23)24-20(2,3)4/h5-13H,1H2,2-4H3. The largest absolute Gasteiger partial charge is 0.443 e. The van der Waals surface area contributed by atoms with Crippen LogP contribution >= 0.6 is 0 Å². The maximum Gasteiger partial charge on any atom is 0.418 e. The molecule has 0 unspecified atom stereocenters. The second-order valence-corrected chi connectivity index (χ2v) is 6.63. The van der Waals surface area contributed by atoms with Gasteiger partial charge in [-0.2, -0.15) is 0 Å². The lowest BCUT2D eigenvalue weighted by molar-refractivity contribution is 0.0544. The van der Waals surface area contributed by atoms with Crippen LogP contribution < -0.4 is 0 Å². The minimum Gasteiger partial charge on any atom is -0.443 e. The molecule has 3 aromatic rings. The highest BCUT2D eigenvalue weighted by molar-refractivity contribution is 5.92. The summed E-state index contributed by atoms with van der Waals surface area (Å²) in [4.78, 5) is 16.6. The number of ether oxygens (including phenoxy) is 1. The third-order valence-electron chi connectivity index (χ3n) is 3.60. The van der Waals surface area contributed by atoms with Crippen LogP contribution in [0.15, 0.2) is 61.4 Å². The molecule has 0 fully saturated rings. The number of rotatable bonds is 2. The average Bonchev–Trinajstić information content (AvgIpc) is 2.96. The maximum atomic E-state index is 12.3. The predicted molar refractivity (Wildman–Crippen MR) is 95.9 cm³/mol. The van der Waals surface area contributed by atoms with Gasteiger partial charge in [0, 0.05) is 23.4 Å². The van der Waals surface area contributed by atoms with Gasteiger partial charge in [0.05, 0.1) is 11.2 Å². The summed E-state index contributed by atoms with van der Waals surface area (Å²) >= 11 is 0. The number of hydrogen-bond acceptors (Lipinski definition) is 3. The summed E-state index contributed by atoms with van der Waals surface area (Å²) in [5.41, 5.74) is 2.94. The Morgan fingerprint density at radius 2 is 1.96 bits per heavy atom. The van der Waals surface area contributed by atoms with Gasteiger partial charge >= 0.3 is 6.09 Å². The molecule has 0 radical (unpaired) electrons. The first-order chi connectivity index (χ1) is 11.3. The molecule has 0 spiro atoms. The predicted octanol–water partition coefficient (Wildman–Crippen LogP) is 4.88. The Balaban J connectivity index is 1.94. The molecule has 0 atom stereocenters. The molecule has 0 aliphatic heterocycles. The summed E-state index contributed by atoms with van der Waals surface area (Å²) in [6.07, 6.45) is 3.10. The van der Waals surface area contributed by atoms with E-state index in [2.05, 4.69) is 11.6 Å². The monoisotopic (exact) mass is 320 g/mol. The summed E-state index contributed by atoms with van der Waals surface area (Å²) in [5.74, 6) is 0. The zero-order valence-electron chi connectivity index (χ0n) is 14.1. The van der Waals surface area contributed by atoms with Crippen molar-refractivity contribution in [3.63, 3.8) is 0 Å². The minimum absolute atomic E-state index is 0.381. The molecule has 0 amide bonds. The molecule has 0 saturated carbocycles. The van der Waals surface area contributed by atoms with Gasteiger partial charge in [-0.25, -0.2) is 4.79 Å². The van der Waals surface area contributed by atoms with Crippen LogP contribution in [0.2, 0.25) is 0 Å². The lowest BCUT2D eigenvalue weighted by atomic mass is 10.0. The molecule has 0 bridgehead atoms. The molecule has 3 rings (SSSR count). The van der Waals surface area contributed by atoms with Crippen molar-refractivity contribution < 1.29 is 9.53 Å². The van der Waals surface area contributed by atoms with Gasteiger partial charge in [0.15, 0.2) is 0 Å². The number of carbonyl (C=O) groups is 1. The van der Waals surface area contributed by atoms with Gasteiger partial charge in [0.2, 0.25) is 0 Å². The number of aromatic nitrogens is 2. The van der Waals surface area contributed by atoms with Crippen molar-refractivity contribution in [1.82, 2.24) is 9.55 Å². The highest BCUT2D eigenvalue weighted by Gasteiger charge is 2.19. The van der Waals surface area contributed by atoms with E-state index in [9.17, 15) is 4.79 Å². The maximum absolute atomic E-state index is 12.3. The highest BCUT2D eigenvalue weighted by atomic mass is 16.6. The van der Waals surface area contributed by atoms with E-state index in [0.717, 1.165) is 27.7 Å². The Morgan fingerprint density at radius 3 is 2.62 bits per heavy atom. The SMILES string of the molecule is C=C(c1ccc2c(ccn2C(=O)OC(C)(C)C)c1)c1ccccn1. The zero-order chi connectivity index (χ0) is 17.3. The van der Waals surface area contributed by atoms with E-state index in [4.69, 9.17) is 4.74 Å². The first-order valence-electron chi connectivity index (χ1n) is 7.80. The number of pyridine rings is 1. The minimum atomic E-state index is -0.527. The molecule has 4 nitrogen and oxygen atoms in total. The molecular weight excluding hydrogens is 300 g/mol. The normalized spacial score (nSPS) is 11.5. The topological polar surface area (TPSA) is 44.1 Å². The molecule has 2 heterocycles. The van der Waals surface area contributed by atoms with E-state index < -0.39 is 5.60 Å². The van der Waals surface area contributed by atoms with Gasteiger partial charge in [-0.1, -0.05) is 18.7 Å². The van der Waals surface area contributed by atoms with E-state index in [1.165, 1.54) is 4.57 Å². The quantitative estimate of drug-likeness (QED) is 0.676. The van der Waals surface area contributed by atoms with Gasteiger partial charge in [-0.3, -0.25) is 9.55 Å². The van der Waals surface area contributed by atoms with Gasteiger partial charge < -0.3 is 4.74 Å². The van der Waals surface area contributed by atoms with E-state index >= 15 is 0 Å². The van der Waals surface area contributed by atoms with Gasteiger partial charge in [0.1, 0.15) is 5.60 Å². The number of carbonyl (C=O) groups excluding carboxylic acids is 1. The number of benzene rings is 1. The Hall–Kier alpha value is -2.88.